The van der Waals surface area contributed by atoms with Gasteiger partial charge >= 0.3 is 10.2 Å². The molecule has 0 aliphatic carbocycles. The van der Waals surface area contributed by atoms with E-state index in [0.29, 0.717) is 37.2 Å². The highest BCUT2D eigenvalue weighted by atomic mass is 35.5. The number of benzene rings is 2. The van der Waals surface area contributed by atoms with Crippen molar-refractivity contribution in [3.05, 3.63) is 88.7 Å². The van der Waals surface area contributed by atoms with Crippen LogP contribution in [0.3, 0.4) is 0 Å². The molecule has 1 saturated heterocycles. The molecule has 2 aliphatic rings. The number of aryl methyl sites for hydroxylation is 2. The average molecular weight is 610 g/mol. The summed E-state index contributed by atoms with van der Waals surface area (Å²) >= 11 is 6.77. The zero-order valence-electron chi connectivity index (χ0n) is 24.0. The fourth-order valence-electron chi connectivity index (χ4n) is 5.70. The minimum atomic E-state index is -4.37. The van der Waals surface area contributed by atoms with E-state index in [2.05, 4.69) is 11.0 Å². The van der Waals surface area contributed by atoms with Gasteiger partial charge < -0.3 is 9.80 Å². The normalized spacial score (nSPS) is 19.8. The first kappa shape index (κ1) is 29.7. The summed E-state index contributed by atoms with van der Waals surface area (Å²) in [5.74, 6) is -0.434. The summed E-state index contributed by atoms with van der Waals surface area (Å²) in [5.41, 5.74) is 2.80. The smallest absolute Gasteiger partial charge is 0.349 e. The lowest BCUT2D eigenvalue weighted by Gasteiger charge is -2.46. The highest BCUT2D eigenvalue weighted by molar-refractivity contribution is 7.92. The molecule has 0 saturated carbocycles. The molecule has 11 heteroatoms. The van der Waals surface area contributed by atoms with Crippen LogP contribution in [0.5, 0.6) is 0 Å². The molecule has 0 bridgehead atoms. The average Bonchev–Trinajstić information content (AvgIpc) is 2.97. The number of amidine groups is 1. The molecule has 3 heterocycles. The van der Waals surface area contributed by atoms with Gasteiger partial charge in [0.1, 0.15) is 5.82 Å². The maximum absolute atomic E-state index is 15.0. The van der Waals surface area contributed by atoms with Gasteiger partial charge in [-0.25, -0.2) is 13.7 Å². The van der Waals surface area contributed by atoms with Crippen molar-refractivity contribution in [3.63, 3.8) is 0 Å². The van der Waals surface area contributed by atoms with Crippen molar-refractivity contribution in [2.24, 2.45) is 4.40 Å². The van der Waals surface area contributed by atoms with Gasteiger partial charge in [0.15, 0.2) is 11.7 Å². The van der Waals surface area contributed by atoms with Crippen LogP contribution in [0.4, 0.5) is 15.9 Å². The Kier molecular flexibility index (Phi) is 8.13. The van der Waals surface area contributed by atoms with Gasteiger partial charge in [-0.3, -0.25) is 4.79 Å². The monoisotopic (exact) mass is 609 g/mol. The quantitative estimate of drug-likeness (QED) is 0.335. The molecule has 42 heavy (non-hydrogen) atoms. The predicted molar refractivity (Wildman–Crippen MR) is 165 cm³/mol. The molecule has 2 aliphatic heterocycles. The fraction of sp³-hybridized carbons (Fsp3) is 0.323. The van der Waals surface area contributed by atoms with Crippen molar-refractivity contribution in [1.82, 2.24) is 14.8 Å². The van der Waals surface area contributed by atoms with Gasteiger partial charge in [0.05, 0.1) is 22.0 Å². The van der Waals surface area contributed by atoms with Gasteiger partial charge in [0.25, 0.3) is 0 Å². The molecular formula is C31H33ClFN5O3S. The van der Waals surface area contributed by atoms with E-state index in [-0.39, 0.29) is 45.9 Å². The van der Waals surface area contributed by atoms with E-state index in [1.807, 2.05) is 50.8 Å². The number of halogens is 2. The van der Waals surface area contributed by atoms with E-state index >= 15 is 0 Å². The second-order valence-corrected chi connectivity index (χ2v) is 12.4. The van der Waals surface area contributed by atoms with E-state index in [9.17, 15) is 17.6 Å². The van der Waals surface area contributed by atoms with Crippen molar-refractivity contribution >= 4 is 45.1 Å². The number of para-hydroxylation sites is 1. The summed E-state index contributed by atoms with van der Waals surface area (Å²) in [6, 6.07) is 12.9. The van der Waals surface area contributed by atoms with Crippen molar-refractivity contribution in [3.8, 4) is 11.3 Å². The van der Waals surface area contributed by atoms with Gasteiger partial charge in [0, 0.05) is 30.7 Å². The first-order valence-corrected chi connectivity index (χ1v) is 15.7. The molecule has 0 unspecified atom stereocenters. The Bertz CT molecular complexity index is 1690. The van der Waals surface area contributed by atoms with Crippen molar-refractivity contribution in [2.45, 2.75) is 52.6 Å². The Balaban J connectivity index is 1.77. The highest BCUT2D eigenvalue weighted by Gasteiger charge is 2.42. The lowest BCUT2D eigenvalue weighted by atomic mass is 10.0. The number of rotatable bonds is 5. The third kappa shape index (κ3) is 5.07. The molecule has 0 spiro atoms. The minimum absolute atomic E-state index is 0.0997. The number of anilines is 2. The molecule has 0 radical (unpaired) electrons. The van der Waals surface area contributed by atoms with Crippen LogP contribution in [0.25, 0.3) is 11.3 Å². The number of aromatic nitrogens is 1. The lowest BCUT2D eigenvalue weighted by molar-refractivity contribution is -0.130. The van der Waals surface area contributed by atoms with Crippen LogP contribution in [0, 0.1) is 5.82 Å². The number of pyridine rings is 1. The van der Waals surface area contributed by atoms with Gasteiger partial charge in [-0.05, 0) is 62.1 Å². The molecule has 3 aromatic rings. The molecule has 5 rings (SSSR count). The molecule has 1 amide bonds. The second kappa shape index (κ2) is 11.5. The first-order chi connectivity index (χ1) is 20.0. The number of carbonyl (C=O) groups is 1. The molecular weight excluding hydrogens is 577 g/mol. The second-order valence-electron chi connectivity index (χ2n) is 10.5. The summed E-state index contributed by atoms with van der Waals surface area (Å²) in [6.07, 6.45) is 2.42. The number of nitrogens with zero attached hydrogens (tertiary/aromatic N) is 5. The maximum Gasteiger partial charge on any atom is 0.352 e. The van der Waals surface area contributed by atoms with Crippen molar-refractivity contribution in [1.29, 1.82) is 0 Å². The third-order valence-electron chi connectivity index (χ3n) is 7.83. The molecule has 2 atom stereocenters. The van der Waals surface area contributed by atoms with E-state index in [0.717, 1.165) is 11.1 Å². The largest absolute Gasteiger partial charge is 0.352 e. The molecule has 1 fully saturated rings. The summed E-state index contributed by atoms with van der Waals surface area (Å²) in [6.45, 7) is 12.0. The SMILES string of the molecule is C=CC(=O)N1C[C@H](C)N(C2=NS(=O)(=O)N(c3c(CC)cccc3CC)c3nc(-c4ccccc4F)c(Cl)cc32)C[C@H]1C. The number of fused-ring (bicyclic) bond motifs is 1. The Morgan fingerprint density at radius 3 is 2.33 bits per heavy atom. The number of piperazine rings is 1. The maximum atomic E-state index is 15.0. The summed E-state index contributed by atoms with van der Waals surface area (Å²) in [7, 11) is -4.37. The predicted octanol–water partition coefficient (Wildman–Crippen LogP) is 5.92. The van der Waals surface area contributed by atoms with Crippen LogP contribution in [-0.2, 0) is 27.8 Å². The van der Waals surface area contributed by atoms with Crippen LogP contribution >= 0.6 is 11.6 Å². The Morgan fingerprint density at radius 2 is 1.71 bits per heavy atom. The number of hydrogen-bond acceptors (Lipinski definition) is 5. The van der Waals surface area contributed by atoms with E-state index in [1.54, 1.807) is 29.2 Å². The molecule has 8 nitrogen and oxygen atoms in total. The number of carbonyl (C=O) groups excluding carboxylic acids is 1. The van der Waals surface area contributed by atoms with Crippen LogP contribution in [0.1, 0.15) is 44.4 Å². The van der Waals surface area contributed by atoms with Crippen molar-refractivity contribution < 1.29 is 17.6 Å². The highest BCUT2D eigenvalue weighted by Crippen LogP contribution is 2.43. The number of hydrogen-bond donors (Lipinski definition) is 0. The fourth-order valence-corrected chi connectivity index (χ4v) is 7.28. The molecule has 1 aromatic heterocycles. The molecule has 220 valence electrons. The number of amides is 1. The van der Waals surface area contributed by atoms with Crippen LogP contribution in [0.15, 0.2) is 65.6 Å². The van der Waals surface area contributed by atoms with Gasteiger partial charge in [-0.15, -0.1) is 4.40 Å². The Labute approximate surface area is 251 Å². The van der Waals surface area contributed by atoms with E-state index in [4.69, 9.17) is 16.6 Å². The third-order valence-corrected chi connectivity index (χ3v) is 9.34. The summed E-state index contributed by atoms with van der Waals surface area (Å²) in [5, 5.41) is 0.159. The van der Waals surface area contributed by atoms with Crippen molar-refractivity contribution in [2.75, 3.05) is 17.4 Å². The first-order valence-electron chi connectivity index (χ1n) is 13.9. The Morgan fingerprint density at radius 1 is 1.05 bits per heavy atom. The van der Waals surface area contributed by atoms with E-state index < -0.39 is 16.0 Å². The zero-order valence-corrected chi connectivity index (χ0v) is 25.6. The van der Waals surface area contributed by atoms with Gasteiger partial charge in [0.2, 0.25) is 5.91 Å². The minimum Gasteiger partial charge on any atom is -0.349 e. The standard InChI is InChI=1S/C31H33ClFN5O3S/c1-6-21-12-11-13-22(7-2)29(21)38-30-24(16-25(32)28(34-30)23-14-9-10-15-26(23)33)31(35-42(38,40)41)37-18-19(4)36(17-20(37)5)27(39)8-3/h8-16,19-20H,3,6-7,17-18H2,1-2,4-5H3/t19-,20+/m1/s1. The topological polar surface area (TPSA) is 86.2 Å². The van der Waals surface area contributed by atoms with Crippen LogP contribution in [-0.4, -0.2) is 60.1 Å². The van der Waals surface area contributed by atoms with E-state index in [1.165, 1.54) is 16.4 Å². The summed E-state index contributed by atoms with van der Waals surface area (Å²) < 4.78 is 49.0. The molecule has 0 N–H and O–H groups in total. The van der Waals surface area contributed by atoms with Gasteiger partial charge in [-0.1, -0.05) is 62.4 Å². The Hall–Kier alpha value is -3.76. The van der Waals surface area contributed by atoms with Gasteiger partial charge in [-0.2, -0.15) is 8.42 Å². The summed E-state index contributed by atoms with van der Waals surface area (Å²) in [4.78, 5) is 20.8. The molecule has 2 aromatic carbocycles. The van der Waals surface area contributed by atoms with Crippen LogP contribution < -0.4 is 4.31 Å². The van der Waals surface area contributed by atoms with Crippen LogP contribution in [0.2, 0.25) is 5.02 Å². The zero-order chi connectivity index (χ0) is 30.3. The lowest BCUT2D eigenvalue weighted by Crippen LogP contribution is -2.60.